The third kappa shape index (κ3) is 4.71. The van der Waals surface area contributed by atoms with E-state index in [2.05, 4.69) is 14.9 Å². The first-order valence-corrected chi connectivity index (χ1v) is 11.5. The van der Waals surface area contributed by atoms with Crippen LogP contribution in [0.4, 0.5) is 11.5 Å². The summed E-state index contributed by atoms with van der Waals surface area (Å²) < 4.78 is 10.8. The van der Waals surface area contributed by atoms with Gasteiger partial charge in [-0.15, -0.1) is 0 Å². The predicted octanol–water partition coefficient (Wildman–Crippen LogP) is 3.90. The highest BCUT2D eigenvalue weighted by atomic mass is 32.2. The largest absolute Gasteiger partial charge is 0.454 e. The summed E-state index contributed by atoms with van der Waals surface area (Å²) in [6.45, 7) is 5.90. The molecular weight excluding hydrogens is 442 g/mol. The highest BCUT2D eigenvalue weighted by Gasteiger charge is 2.29. The van der Waals surface area contributed by atoms with Crippen LogP contribution in [0.5, 0.6) is 11.5 Å². The van der Waals surface area contributed by atoms with Crippen LogP contribution in [0.2, 0.25) is 0 Å². The number of nitrogens with zero attached hydrogens (tertiary/aromatic N) is 5. The Morgan fingerprint density at radius 3 is 2.55 bits per heavy atom. The van der Waals surface area contributed by atoms with Crippen LogP contribution in [0.3, 0.4) is 0 Å². The van der Waals surface area contributed by atoms with Gasteiger partial charge in [0.05, 0.1) is 4.92 Å². The summed E-state index contributed by atoms with van der Waals surface area (Å²) >= 11 is 1.29. The Morgan fingerprint density at radius 2 is 1.79 bits per heavy atom. The minimum Gasteiger partial charge on any atom is -0.454 e. The molecule has 2 aliphatic heterocycles. The summed E-state index contributed by atoms with van der Waals surface area (Å²) in [5.74, 6) is 1.94. The summed E-state index contributed by atoms with van der Waals surface area (Å²) in [5.41, 5.74) is 2.25. The number of aryl methyl sites for hydroxylation is 1. The first-order chi connectivity index (χ1) is 16.1. The second-order valence-corrected chi connectivity index (χ2v) is 9.04. The lowest BCUT2D eigenvalue weighted by atomic mass is 10.1. The average Bonchev–Trinajstić information content (AvgIpc) is 3.29. The molecule has 10 heteroatoms. The topological polar surface area (TPSA) is 93.9 Å². The standard InChI is InChI=1S/C23H23N5O4S/c1-16-2-5-18(6-3-16)33-23-21(28(29)30)22(24-14-25-23)27-10-8-26(9-11-27)13-17-4-7-19-20(12-17)32-15-31-19/h2-7,12,14H,8-11,13,15H2,1H3. The number of rotatable bonds is 6. The van der Waals surface area contributed by atoms with Gasteiger partial charge in [0.25, 0.3) is 0 Å². The third-order valence-corrected chi connectivity index (χ3v) is 6.70. The summed E-state index contributed by atoms with van der Waals surface area (Å²) in [6.07, 6.45) is 1.41. The SMILES string of the molecule is Cc1ccc(Sc2ncnc(N3CCN(Cc4ccc5c(c4)OCO5)CC3)c2[N+](=O)[O-])cc1. The summed E-state index contributed by atoms with van der Waals surface area (Å²) in [7, 11) is 0. The zero-order valence-electron chi connectivity index (χ0n) is 18.1. The van der Waals surface area contributed by atoms with Gasteiger partial charge in [0.2, 0.25) is 12.6 Å². The number of hydrogen-bond acceptors (Lipinski definition) is 9. The number of ether oxygens (including phenoxy) is 2. The third-order valence-electron chi connectivity index (χ3n) is 5.70. The van der Waals surface area contributed by atoms with E-state index in [4.69, 9.17) is 9.47 Å². The van der Waals surface area contributed by atoms with Crippen molar-refractivity contribution in [1.82, 2.24) is 14.9 Å². The number of piperazine rings is 1. The summed E-state index contributed by atoms with van der Waals surface area (Å²) in [5, 5.41) is 12.3. The van der Waals surface area contributed by atoms with E-state index in [0.29, 0.717) is 23.9 Å². The van der Waals surface area contributed by atoms with Gasteiger partial charge < -0.3 is 14.4 Å². The number of aromatic nitrogens is 2. The second kappa shape index (κ2) is 9.24. The van der Waals surface area contributed by atoms with Crippen molar-refractivity contribution in [2.24, 2.45) is 0 Å². The maximum Gasteiger partial charge on any atom is 0.343 e. The fourth-order valence-electron chi connectivity index (χ4n) is 3.95. The van der Waals surface area contributed by atoms with Gasteiger partial charge >= 0.3 is 5.69 Å². The Bertz CT molecular complexity index is 1170. The molecule has 3 aromatic rings. The maximum atomic E-state index is 12.0. The summed E-state index contributed by atoms with van der Waals surface area (Å²) in [6, 6.07) is 13.8. The van der Waals surface area contributed by atoms with Crippen LogP contribution in [-0.4, -0.2) is 52.8 Å². The molecule has 1 fully saturated rings. The first kappa shape index (κ1) is 21.5. The molecule has 0 N–H and O–H groups in total. The molecule has 1 aromatic heterocycles. The van der Waals surface area contributed by atoms with Crippen LogP contribution in [0.25, 0.3) is 0 Å². The lowest BCUT2D eigenvalue weighted by Gasteiger charge is -2.35. The van der Waals surface area contributed by atoms with Gasteiger partial charge in [0, 0.05) is 37.6 Å². The number of fused-ring (bicyclic) bond motifs is 1. The minimum absolute atomic E-state index is 0.0349. The Balaban J connectivity index is 1.28. The van der Waals surface area contributed by atoms with Crippen molar-refractivity contribution in [2.75, 3.05) is 37.9 Å². The van der Waals surface area contributed by atoms with Gasteiger partial charge in [-0.2, -0.15) is 0 Å². The minimum atomic E-state index is -0.370. The van der Waals surface area contributed by atoms with E-state index in [-0.39, 0.29) is 17.4 Å². The molecule has 2 aliphatic rings. The van der Waals surface area contributed by atoms with E-state index in [1.165, 1.54) is 18.1 Å². The van der Waals surface area contributed by atoms with Gasteiger partial charge in [0.15, 0.2) is 16.5 Å². The zero-order valence-corrected chi connectivity index (χ0v) is 19.0. The second-order valence-electron chi connectivity index (χ2n) is 7.97. The Kier molecular flexibility index (Phi) is 6.01. The number of benzene rings is 2. The molecule has 0 spiro atoms. The molecule has 0 amide bonds. The van der Waals surface area contributed by atoms with Gasteiger partial charge in [-0.3, -0.25) is 15.0 Å². The molecular formula is C23H23N5O4S. The molecule has 0 atom stereocenters. The molecule has 170 valence electrons. The predicted molar refractivity (Wildman–Crippen MR) is 124 cm³/mol. The quantitative estimate of drug-likeness (QED) is 0.305. The number of anilines is 1. The van der Waals surface area contributed by atoms with Gasteiger partial charge in [0.1, 0.15) is 6.33 Å². The van der Waals surface area contributed by atoms with Crippen LogP contribution in [0.15, 0.2) is 58.7 Å². The van der Waals surface area contributed by atoms with E-state index < -0.39 is 0 Å². The molecule has 3 heterocycles. The fraction of sp³-hybridized carbons (Fsp3) is 0.304. The fourth-order valence-corrected chi connectivity index (χ4v) is 4.81. The highest BCUT2D eigenvalue weighted by molar-refractivity contribution is 7.99. The van der Waals surface area contributed by atoms with E-state index in [9.17, 15) is 10.1 Å². The molecule has 5 rings (SSSR count). The van der Waals surface area contributed by atoms with E-state index in [1.54, 1.807) is 0 Å². The number of hydrogen-bond donors (Lipinski definition) is 0. The van der Waals surface area contributed by atoms with Crippen molar-refractivity contribution in [3.8, 4) is 11.5 Å². The molecule has 0 unspecified atom stereocenters. The molecule has 0 bridgehead atoms. The van der Waals surface area contributed by atoms with E-state index in [1.807, 2.05) is 54.3 Å². The van der Waals surface area contributed by atoms with E-state index in [0.717, 1.165) is 47.2 Å². The van der Waals surface area contributed by atoms with Crippen molar-refractivity contribution in [1.29, 1.82) is 0 Å². The average molecular weight is 466 g/mol. The molecule has 0 saturated carbocycles. The molecule has 33 heavy (non-hydrogen) atoms. The zero-order chi connectivity index (χ0) is 22.8. The van der Waals surface area contributed by atoms with Crippen LogP contribution in [-0.2, 0) is 6.54 Å². The van der Waals surface area contributed by atoms with Gasteiger partial charge in [-0.05, 0) is 36.8 Å². The highest BCUT2D eigenvalue weighted by Crippen LogP contribution is 2.38. The van der Waals surface area contributed by atoms with Gasteiger partial charge in [-0.25, -0.2) is 9.97 Å². The first-order valence-electron chi connectivity index (χ1n) is 10.7. The normalized spacial score (nSPS) is 15.6. The molecule has 2 aromatic carbocycles. The lowest BCUT2D eigenvalue weighted by molar-refractivity contribution is -0.387. The van der Waals surface area contributed by atoms with Crippen molar-refractivity contribution in [3.05, 3.63) is 70.0 Å². The van der Waals surface area contributed by atoms with Crippen LogP contribution < -0.4 is 14.4 Å². The number of nitro groups is 1. The smallest absolute Gasteiger partial charge is 0.343 e. The summed E-state index contributed by atoms with van der Waals surface area (Å²) in [4.78, 5) is 25.3. The monoisotopic (exact) mass is 465 g/mol. The van der Waals surface area contributed by atoms with Crippen LogP contribution in [0, 0.1) is 17.0 Å². The molecule has 0 radical (unpaired) electrons. The Morgan fingerprint density at radius 1 is 1.03 bits per heavy atom. The maximum absolute atomic E-state index is 12.0. The molecule has 0 aliphatic carbocycles. The molecule has 1 saturated heterocycles. The lowest BCUT2D eigenvalue weighted by Crippen LogP contribution is -2.46. The van der Waals surface area contributed by atoms with Gasteiger partial charge in [-0.1, -0.05) is 35.5 Å². The Hall–Kier alpha value is -3.37. The van der Waals surface area contributed by atoms with Crippen LogP contribution in [0.1, 0.15) is 11.1 Å². The van der Waals surface area contributed by atoms with E-state index >= 15 is 0 Å². The molecule has 9 nitrogen and oxygen atoms in total. The van der Waals surface area contributed by atoms with Crippen molar-refractivity contribution < 1.29 is 14.4 Å². The van der Waals surface area contributed by atoms with Crippen molar-refractivity contribution >= 4 is 23.3 Å². The Labute approximate surface area is 195 Å². The van der Waals surface area contributed by atoms with Crippen LogP contribution >= 0.6 is 11.8 Å². The van der Waals surface area contributed by atoms with Crippen molar-refractivity contribution in [3.63, 3.8) is 0 Å². The van der Waals surface area contributed by atoms with Crippen molar-refractivity contribution in [2.45, 2.75) is 23.4 Å².